The van der Waals surface area contributed by atoms with Gasteiger partial charge in [0.1, 0.15) is 0 Å². The lowest BCUT2D eigenvalue weighted by atomic mass is 9.81. The highest BCUT2D eigenvalue weighted by atomic mass is 16.2. The third-order valence-electron chi connectivity index (χ3n) is 4.88. The summed E-state index contributed by atoms with van der Waals surface area (Å²) in [4.78, 5) is 26.6. The number of nitrogens with one attached hydrogen (secondary N) is 2. The Bertz CT molecular complexity index is 578. The minimum atomic E-state index is 0.0376. The van der Waals surface area contributed by atoms with E-state index in [-0.39, 0.29) is 23.7 Å². The molecule has 0 heterocycles. The Morgan fingerprint density at radius 3 is 2.20 bits per heavy atom. The third-order valence-corrected chi connectivity index (χ3v) is 4.88. The van der Waals surface area contributed by atoms with Crippen molar-refractivity contribution in [2.75, 3.05) is 27.2 Å². The van der Waals surface area contributed by atoms with Gasteiger partial charge >= 0.3 is 0 Å². The van der Waals surface area contributed by atoms with E-state index in [9.17, 15) is 9.59 Å². The van der Waals surface area contributed by atoms with E-state index in [1.807, 2.05) is 26.2 Å². The maximum atomic E-state index is 12.4. The number of benzene rings is 1. The van der Waals surface area contributed by atoms with Crippen LogP contribution in [0.5, 0.6) is 0 Å². The lowest BCUT2D eigenvalue weighted by Crippen LogP contribution is -2.39. The number of nitrogens with zero attached hydrogens (tertiary/aromatic N) is 1. The highest BCUT2D eigenvalue weighted by Crippen LogP contribution is 2.29. The van der Waals surface area contributed by atoms with Crippen LogP contribution in [0.2, 0.25) is 0 Å². The lowest BCUT2D eigenvalue weighted by Gasteiger charge is -2.27. The fraction of sp³-hybridized carbons (Fsp3) is 0.600. The van der Waals surface area contributed by atoms with Crippen LogP contribution in [0.15, 0.2) is 24.3 Å². The van der Waals surface area contributed by atoms with Gasteiger partial charge in [-0.1, -0.05) is 29.8 Å². The molecule has 1 aliphatic rings. The van der Waals surface area contributed by atoms with Crippen LogP contribution in [-0.2, 0) is 16.1 Å². The number of hydrogen-bond donors (Lipinski definition) is 2. The van der Waals surface area contributed by atoms with Crippen LogP contribution >= 0.6 is 0 Å². The Hall–Kier alpha value is -1.88. The Labute approximate surface area is 151 Å². The number of aryl methyl sites for hydroxylation is 1. The fourth-order valence-corrected chi connectivity index (χ4v) is 3.32. The second-order valence-corrected chi connectivity index (χ2v) is 7.35. The Morgan fingerprint density at radius 2 is 1.64 bits per heavy atom. The van der Waals surface area contributed by atoms with E-state index in [1.165, 1.54) is 5.56 Å². The molecule has 2 N–H and O–H groups in total. The Kier molecular flexibility index (Phi) is 7.44. The minimum absolute atomic E-state index is 0.0376. The first-order chi connectivity index (χ1) is 12.0. The lowest BCUT2D eigenvalue weighted by molar-refractivity contribution is -0.130. The van der Waals surface area contributed by atoms with Gasteiger partial charge in [-0.25, -0.2) is 0 Å². The molecular formula is C20H31N3O2. The Balaban J connectivity index is 1.70. The van der Waals surface area contributed by atoms with Crippen molar-refractivity contribution >= 4 is 11.8 Å². The van der Waals surface area contributed by atoms with E-state index in [2.05, 4.69) is 34.6 Å². The second-order valence-electron chi connectivity index (χ2n) is 7.35. The van der Waals surface area contributed by atoms with Crippen LogP contribution < -0.4 is 10.6 Å². The smallest absolute Gasteiger partial charge is 0.223 e. The van der Waals surface area contributed by atoms with Crippen molar-refractivity contribution in [3.63, 3.8) is 0 Å². The van der Waals surface area contributed by atoms with Crippen LogP contribution in [0.3, 0.4) is 0 Å². The summed E-state index contributed by atoms with van der Waals surface area (Å²) in [5, 5.41) is 6.04. The van der Waals surface area contributed by atoms with Crippen molar-refractivity contribution in [1.82, 2.24) is 15.5 Å². The molecule has 0 saturated heterocycles. The van der Waals surface area contributed by atoms with Crippen LogP contribution in [0.25, 0.3) is 0 Å². The zero-order valence-electron chi connectivity index (χ0n) is 15.7. The molecule has 0 unspecified atom stereocenters. The van der Waals surface area contributed by atoms with Gasteiger partial charge in [-0.15, -0.1) is 0 Å². The van der Waals surface area contributed by atoms with Gasteiger partial charge in [0.15, 0.2) is 0 Å². The number of carbonyl (C=O) groups is 2. The van der Waals surface area contributed by atoms with E-state index < -0.39 is 0 Å². The van der Waals surface area contributed by atoms with Crippen LogP contribution in [0.1, 0.15) is 36.8 Å². The molecule has 0 aliphatic heterocycles. The summed E-state index contributed by atoms with van der Waals surface area (Å²) < 4.78 is 0. The molecule has 25 heavy (non-hydrogen) atoms. The average molecular weight is 345 g/mol. The Morgan fingerprint density at radius 1 is 1.04 bits per heavy atom. The summed E-state index contributed by atoms with van der Waals surface area (Å²) in [6.07, 6.45) is 3.20. The van der Waals surface area contributed by atoms with Gasteiger partial charge in [0.05, 0.1) is 0 Å². The number of rotatable bonds is 7. The average Bonchev–Trinajstić information content (AvgIpc) is 2.59. The highest BCUT2D eigenvalue weighted by molar-refractivity contribution is 5.81. The van der Waals surface area contributed by atoms with Crippen molar-refractivity contribution in [3.8, 4) is 0 Å². The van der Waals surface area contributed by atoms with Gasteiger partial charge in [-0.2, -0.15) is 0 Å². The topological polar surface area (TPSA) is 61.4 Å². The predicted octanol–water partition coefficient (Wildman–Crippen LogP) is 2.10. The fourth-order valence-electron chi connectivity index (χ4n) is 3.32. The molecule has 1 aliphatic carbocycles. The summed E-state index contributed by atoms with van der Waals surface area (Å²) in [7, 11) is 3.99. The normalized spacial score (nSPS) is 20.3. The van der Waals surface area contributed by atoms with Crippen molar-refractivity contribution in [2.24, 2.45) is 11.8 Å². The minimum Gasteiger partial charge on any atom is -0.355 e. The predicted molar refractivity (Wildman–Crippen MR) is 100 cm³/mol. The van der Waals surface area contributed by atoms with Gasteiger partial charge in [-0.05, 0) is 52.3 Å². The second kappa shape index (κ2) is 9.56. The summed E-state index contributed by atoms with van der Waals surface area (Å²) in [5.74, 6) is 0.354. The molecule has 138 valence electrons. The first kappa shape index (κ1) is 19.4. The van der Waals surface area contributed by atoms with Crippen molar-refractivity contribution < 1.29 is 9.59 Å². The number of carbonyl (C=O) groups excluding carboxylic acids is 2. The molecular weight excluding hydrogens is 314 g/mol. The molecule has 0 atom stereocenters. The molecule has 1 saturated carbocycles. The van der Waals surface area contributed by atoms with Gasteiger partial charge in [0.2, 0.25) is 11.8 Å². The van der Waals surface area contributed by atoms with Gasteiger partial charge in [0.25, 0.3) is 0 Å². The van der Waals surface area contributed by atoms with Gasteiger partial charge in [-0.3, -0.25) is 9.59 Å². The van der Waals surface area contributed by atoms with E-state index in [0.717, 1.165) is 37.8 Å². The number of hydrogen-bond acceptors (Lipinski definition) is 3. The zero-order chi connectivity index (χ0) is 18.2. The third kappa shape index (κ3) is 6.50. The molecule has 5 nitrogen and oxygen atoms in total. The van der Waals surface area contributed by atoms with Gasteiger partial charge in [0, 0.05) is 31.5 Å². The molecule has 1 aromatic carbocycles. The van der Waals surface area contributed by atoms with Crippen molar-refractivity contribution in [3.05, 3.63) is 35.4 Å². The maximum Gasteiger partial charge on any atom is 0.223 e. The number of amides is 2. The molecule has 0 aromatic heterocycles. The summed E-state index contributed by atoms with van der Waals surface area (Å²) in [5.41, 5.74) is 2.33. The van der Waals surface area contributed by atoms with Crippen LogP contribution in [-0.4, -0.2) is 43.9 Å². The van der Waals surface area contributed by atoms with Crippen LogP contribution in [0, 0.1) is 18.8 Å². The van der Waals surface area contributed by atoms with Crippen LogP contribution in [0.4, 0.5) is 0 Å². The van der Waals surface area contributed by atoms with Crippen molar-refractivity contribution in [2.45, 2.75) is 39.2 Å². The molecule has 2 rings (SSSR count). The number of likely N-dealkylation sites (N-methyl/N-ethyl adjacent to an activating group) is 1. The molecule has 0 bridgehead atoms. The first-order valence-corrected chi connectivity index (χ1v) is 9.21. The van der Waals surface area contributed by atoms with E-state index in [4.69, 9.17) is 0 Å². The van der Waals surface area contributed by atoms with E-state index in [1.54, 1.807) is 0 Å². The summed E-state index contributed by atoms with van der Waals surface area (Å²) >= 11 is 0. The maximum absolute atomic E-state index is 12.4. The first-order valence-electron chi connectivity index (χ1n) is 9.21. The molecule has 1 fully saturated rings. The SMILES string of the molecule is Cc1cccc(CNC(=O)C2CCC(C(=O)NCCN(C)C)CC2)c1. The molecule has 0 spiro atoms. The van der Waals surface area contributed by atoms with E-state index in [0.29, 0.717) is 13.1 Å². The quantitative estimate of drug-likeness (QED) is 0.795. The monoisotopic (exact) mass is 345 g/mol. The standard InChI is InChI=1S/C20H31N3O2/c1-15-5-4-6-16(13-15)14-22-20(25)18-9-7-17(8-10-18)19(24)21-11-12-23(2)3/h4-6,13,17-18H,7-12,14H2,1-3H3,(H,21,24)(H,22,25). The van der Waals surface area contributed by atoms with E-state index >= 15 is 0 Å². The zero-order valence-corrected chi connectivity index (χ0v) is 15.7. The molecule has 2 amide bonds. The molecule has 1 aromatic rings. The largest absolute Gasteiger partial charge is 0.355 e. The molecule has 5 heteroatoms. The van der Waals surface area contributed by atoms with Gasteiger partial charge < -0.3 is 15.5 Å². The highest BCUT2D eigenvalue weighted by Gasteiger charge is 2.29. The summed E-state index contributed by atoms with van der Waals surface area (Å²) in [6.45, 7) is 4.16. The summed E-state index contributed by atoms with van der Waals surface area (Å²) in [6, 6.07) is 8.19. The van der Waals surface area contributed by atoms with Crippen molar-refractivity contribution in [1.29, 1.82) is 0 Å². The molecule has 0 radical (unpaired) electrons.